The van der Waals surface area contributed by atoms with Crippen molar-refractivity contribution < 1.29 is 18.7 Å². The number of halogens is 2. The number of hydrogen-bond acceptors (Lipinski definition) is 1. The summed E-state index contributed by atoms with van der Waals surface area (Å²) in [7, 11) is 0. The van der Waals surface area contributed by atoms with Gasteiger partial charge in [-0.05, 0) is 30.5 Å². The number of rotatable bonds is 3. The summed E-state index contributed by atoms with van der Waals surface area (Å²) in [6.07, 6.45) is 0.972. The van der Waals surface area contributed by atoms with Crippen LogP contribution in [0.2, 0.25) is 0 Å². The number of carboxylic acid groups (broad SMARTS) is 1. The fraction of sp³-hybridized carbons (Fsp3) is 0.500. The molecule has 0 aliphatic heterocycles. The summed E-state index contributed by atoms with van der Waals surface area (Å²) in [5, 5.41) is 8.94. The topological polar surface area (TPSA) is 37.3 Å². The van der Waals surface area contributed by atoms with Crippen molar-refractivity contribution in [2.75, 3.05) is 0 Å². The smallest absolute Gasteiger partial charge is 0.335 e. The summed E-state index contributed by atoms with van der Waals surface area (Å²) in [5.74, 6) is -1.07. The van der Waals surface area contributed by atoms with Crippen LogP contribution >= 0.6 is 0 Å². The standard InChI is InChI=1S/C14H16F2O2/c15-13(16)14(7-2-1-3-8-14)11-6-4-5-10(9-11)12(17)18/h4-6,9,13H,1-3,7-8H2,(H,17,18). The number of alkyl halides is 2. The molecule has 2 nitrogen and oxygen atoms in total. The second kappa shape index (κ2) is 5.04. The van der Waals surface area contributed by atoms with Gasteiger partial charge in [-0.25, -0.2) is 13.6 Å². The van der Waals surface area contributed by atoms with Crippen LogP contribution in [0.3, 0.4) is 0 Å². The summed E-state index contributed by atoms with van der Waals surface area (Å²) in [6, 6.07) is 6.02. The quantitative estimate of drug-likeness (QED) is 0.889. The summed E-state index contributed by atoms with van der Waals surface area (Å²) in [4.78, 5) is 10.9. The van der Waals surface area contributed by atoms with Crippen molar-refractivity contribution in [3.63, 3.8) is 0 Å². The minimum atomic E-state index is -2.44. The Morgan fingerprint density at radius 1 is 1.22 bits per heavy atom. The van der Waals surface area contributed by atoms with Gasteiger partial charge in [-0.1, -0.05) is 31.4 Å². The highest BCUT2D eigenvalue weighted by Gasteiger charge is 2.42. The number of benzene rings is 1. The predicted molar refractivity (Wildman–Crippen MR) is 64.2 cm³/mol. The fourth-order valence-electron chi connectivity index (χ4n) is 2.78. The van der Waals surface area contributed by atoms with Crippen LogP contribution in [0.15, 0.2) is 24.3 Å². The Morgan fingerprint density at radius 3 is 2.44 bits per heavy atom. The second-order valence-corrected chi connectivity index (χ2v) is 4.90. The molecule has 2 rings (SSSR count). The Morgan fingerprint density at radius 2 is 1.89 bits per heavy atom. The Kier molecular flexibility index (Phi) is 3.64. The fourth-order valence-corrected chi connectivity index (χ4v) is 2.78. The lowest BCUT2D eigenvalue weighted by atomic mass is 9.69. The third kappa shape index (κ3) is 2.24. The zero-order valence-corrected chi connectivity index (χ0v) is 10.0. The highest BCUT2D eigenvalue weighted by atomic mass is 19.3. The highest BCUT2D eigenvalue weighted by molar-refractivity contribution is 5.87. The van der Waals surface area contributed by atoms with Crippen molar-refractivity contribution in [1.29, 1.82) is 0 Å². The number of aromatic carboxylic acids is 1. The highest BCUT2D eigenvalue weighted by Crippen LogP contribution is 2.44. The maximum absolute atomic E-state index is 13.4. The van der Waals surface area contributed by atoms with Crippen LogP contribution in [0.1, 0.15) is 48.0 Å². The molecule has 0 atom stereocenters. The van der Waals surface area contributed by atoms with E-state index >= 15 is 0 Å². The van der Waals surface area contributed by atoms with E-state index in [-0.39, 0.29) is 5.56 Å². The van der Waals surface area contributed by atoms with Gasteiger partial charge in [-0.3, -0.25) is 0 Å². The van der Waals surface area contributed by atoms with E-state index < -0.39 is 17.8 Å². The van der Waals surface area contributed by atoms with E-state index in [0.29, 0.717) is 18.4 Å². The van der Waals surface area contributed by atoms with E-state index in [2.05, 4.69) is 0 Å². The van der Waals surface area contributed by atoms with Crippen molar-refractivity contribution in [2.24, 2.45) is 0 Å². The molecule has 1 aromatic carbocycles. The molecule has 0 heterocycles. The molecular weight excluding hydrogens is 238 g/mol. The molecular formula is C14H16F2O2. The molecule has 0 amide bonds. The Balaban J connectivity index is 2.42. The molecule has 1 aromatic rings. The molecule has 0 saturated heterocycles. The van der Waals surface area contributed by atoms with Gasteiger partial charge in [-0.15, -0.1) is 0 Å². The number of carbonyl (C=O) groups is 1. The molecule has 0 unspecified atom stereocenters. The van der Waals surface area contributed by atoms with E-state index in [9.17, 15) is 13.6 Å². The molecule has 1 aliphatic rings. The van der Waals surface area contributed by atoms with Crippen molar-refractivity contribution in [1.82, 2.24) is 0 Å². The second-order valence-electron chi connectivity index (χ2n) is 4.90. The number of hydrogen-bond donors (Lipinski definition) is 1. The molecule has 98 valence electrons. The predicted octanol–water partition coefficient (Wildman–Crippen LogP) is 3.85. The normalized spacial score (nSPS) is 18.8. The first-order valence-electron chi connectivity index (χ1n) is 6.18. The Bertz CT molecular complexity index is 437. The molecule has 0 bridgehead atoms. The van der Waals surface area contributed by atoms with Gasteiger partial charge < -0.3 is 5.11 Å². The summed E-state index contributed by atoms with van der Waals surface area (Å²) >= 11 is 0. The number of carboxylic acids is 1. The molecule has 1 N–H and O–H groups in total. The third-order valence-electron chi connectivity index (χ3n) is 3.85. The van der Waals surface area contributed by atoms with Gasteiger partial charge in [0.25, 0.3) is 0 Å². The Labute approximate surface area is 105 Å². The van der Waals surface area contributed by atoms with E-state index in [1.54, 1.807) is 12.1 Å². The van der Waals surface area contributed by atoms with E-state index in [4.69, 9.17) is 5.11 Å². The molecule has 0 aromatic heterocycles. The van der Waals surface area contributed by atoms with Gasteiger partial charge in [0, 0.05) is 0 Å². The lowest BCUT2D eigenvalue weighted by Gasteiger charge is -2.37. The lowest BCUT2D eigenvalue weighted by molar-refractivity contribution is 0.0253. The zero-order valence-electron chi connectivity index (χ0n) is 10.0. The summed E-state index contributed by atoms with van der Waals surface area (Å²) in [5.41, 5.74) is -0.598. The largest absolute Gasteiger partial charge is 0.478 e. The van der Waals surface area contributed by atoms with Crippen LogP contribution < -0.4 is 0 Å². The maximum Gasteiger partial charge on any atom is 0.335 e. The molecule has 1 saturated carbocycles. The van der Waals surface area contributed by atoms with E-state index in [1.807, 2.05) is 0 Å². The maximum atomic E-state index is 13.4. The molecule has 0 radical (unpaired) electrons. The van der Waals surface area contributed by atoms with Crippen molar-refractivity contribution in [3.05, 3.63) is 35.4 Å². The molecule has 1 aliphatic carbocycles. The van der Waals surface area contributed by atoms with Crippen molar-refractivity contribution in [2.45, 2.75) is 43.9 Å². The zero-order chi connectivity index (χ0) is 13.2. The van der Waals surface area contributed by atoms with Crippen molar-refractivity contribution in [3.8, 4) is 0 Å². The summed E-state index contributed by atoms with van der Waals surface area (Å²) < 4.78 is 26.9. The van der Waals surface area contributed by atoms with E-state index in [0.717, 1.165) is 19.3 Å². The van der Waals surface area contributed by atoms with Gasteiger partial charge in [-0.2, -0.15) is 0 Å². The van der Waals surface area contributed by atoms with Gasteiger partial charge in [0.2, 0.25) is 6.43 Å². The SMILES string of the molecule is O=C(O)c1cccc(C2(C(F)F)CCCCC2)c1. The first-order valence-corrected chi connectivity index (χ1v) is 6.18. The minimum absolute atomic E-state index is 0.0816. The van der Waals surface area contributed by atoms with Crippen LogP contribution in [-0.2, 0) is 5.41 Å². The molecule has 1 fully saturated rings. The first-order chi connectivity index (χ1) is 8.56. The van der Waals surface area contributed by atoms with Crippen LogP contribution in [0.4, 0.5) is 8.78 Å². The Hall–Kier alpha value is -1.45. The first kappa shape index (κ1) is 13.0. The van der Waals surface area contributed by atoms with Crippen LogP contribution in [0.5, 0.6) is 0 Å². The van der Waals surface area contributed by atoms with Gasteiger partial charge in [0.05, 0.1) is 11.0 Å². The monoisotopic (exact) mass is 254 g/mol. The van der Waals surface area contributed by atoms with Gasteiger partial charge in [0.1, 0.15) is 0 Å². The van der Waals surface area contributed by atoms with Gasteiger partial charge >= 0.3 is 5.97 Å². The van der Waals surface area contributed by atoms with Gasteiger partial charge in [0.15, 0.2) is 0 Å². The van der Waals surface area contributed by atoms with Crippen LogP contribution in [0, 0.1) is 0 Å². The molecule has 0 spiro atoms. The average Bonchev–Trinajstić information content (AvgIpc) is 2.39. The van der Waals surface area contributed by atoms with Crippen LogP contribution in [0.25, 0.3) is 0 Å². The van der Waals surface area contributed by atoms with Crippen molar-refractivity contribution >= 4 is 5.97 Å². The molecule has 18 heavy (non-hydrogen) atoms. The third-order valence-corrected chi connectivity index (χ3v) is 3.85. The van der Waals surface area contributed by atoms with E-state index in [1.165, 1.54) is 12.1 Å². The average molecular weight is 254 g/mol. The minimum Gasteiger partial charge on any atom is -0.478 e. The molecule has 4 heteroatoms. The van der Waals surface area contributed by atoms with Crippen LogP contribution in [-0.4, -0.2) is 17.5 Å². The summed E-state index contributed by atoms with van der Waals surface area (Å²) in [6.45, 7) is 0. The lowest BCUT2D eigenvalue weighted by Crippen LogP contribution is -2.36.